The van der Waals surface area contributed by atoms with Crippen LogP contribution < -0.4 is 10.3 Å². The van der Waals surface area contributed by atoms with Crippen molar-refractivity contribution in [2.24, 2.45) is 0 Å². The Hall–Kier alpha value is -3.52. The van der Waals surface area contributed by atoms with Crippen molar-refractivity contribution in [1.29, 1.82) is 0 Å². The molecule has 1 aliphatic rings. The third-order valence-corrected chi connectivity index (χ3v) is 5.61. The van der Waals surface area contributed by atoms with E-state index in [2.05, 4.69) is 22.2 Å². The number of aryl methyl sites for hydroxylation is 2. The molecule has 8 nitrogen and oxygen atoms in total. The monoisotopic (exact) mass is 448 g/mol. The number of ether oxygens (including phenoxy) is 2. The van der Waals surface area contributed by atoms with Crippen LogP contribution >= 0.6 is 0 Å². The van der Waals surface area contributed by atoms with Crippen molar-refractivity contribution < 1.29 is 14.3 Å². The summed E-state index contributed by atoms with van der Waals surface area (Å²) in [6.07, 6.45) is 0.416. The van der Waals surface area contributed by atoms with Crippen LogP contribution in [0.5, 0.6) is 5.75 Å². The molecule has 1 fully saturated rings. The van der Waals surface area contributed by atoms with Crippen LogP contribution in [-0.4, -0.2) is 52.4 Å². The quantitative estimate of drug-likeness (QED) is 0.576. The van der Waals surface area contributed by atoms with Gasteiger partial charge in [0.05, 0.1) is 31.6 Å². The number of benzene rings is 1. The Morgan fingerprint density at radius 1 is 1.12 bits per heavy atom. The van der Waals surface area contributed by atoms with Gasteiger partial charge < -0.3 is 14.4 Å². The van der Waals surface area contributed by atoms with Crippen LogP contribution in [0.15, 0.2) is 53.3 Å². The third kappa shape index (κ3) is 5.64. The van der Waals surface area contributed by atoms with Gasteiger partial charge in [-0.05, 0) is 61.7 Å². The number of hydrogen-bond acceptors (Lipinski definition) is 6. The fourth-order valence-electron chi connectivity index (χ4n) is 4.00. The van der Waals surface area contributed by atoms with Crippen LogP contribution in [0, 0.1) is 13.8 Å². The summed E-state index contributed by atoms with van der Waals surface area (Å²) >= 11 is 0. The Bertz CT molecular complexity index is 1210. The number of aromatic nitrogens is 3. The number of amides is 1. The molecule has 1 atom stereocenters. The molecule has 0 radical (unpaired) electrons. The fourth-order valence-corrected chi connectivity index (χ4v) is 4.00. The zero-order valence-corrected chi connectivity index (χ0v) is 19.2. The summed E-state index contributed by atoms with van der Waals surface area (Å²) in [5.41, 5.74) is 4.36. The largest absolute Gasteiger partial charge is 0.497 e. The van der Waals surface area contributed by atoms with E-state index >= 15 is 0 Å². The van der Waals surface area contributed by atoms with Crippen molar-refractivity contribution in [2.75, 3.05) is 26.8 Å². The zero-order chi connectivity index (χ0) is 23.4. The van der Waals surface area contributed by atoms with Gasteiger partial charge in [-0.2, -0.15) is 5.10 Å². The highest BCUT2D eigenvalue weighted by molar-refractivity contribution is 5.76. The Morgan fingerprint density at radius 3 is 2.79 bits per heavy atom. The summed E-state index contributed by atoms with van der Waals surface area (Å²) < 4.78 is 12.5. The summed E-state index contributed by atoms with van der Waals surface area (Å²) in [5, 5.41) is 4.16. The maximum absolute atomic E-state index is 12.9. The van der Waals surface area contributed by atoms with Gasteiger partial charge in [-0.1, -0.05) is 12.1 Å². The highest BCUT2D eigenvalue weighted by atomic mass is 16.5. The zero-order valence-electron chi connectivity index (χ0n) is 19.2. The Labute approximate surface area is 192 Å². The maximum Gasteiger partial charge on any atom is 0.267 e. The molecule has 2 aromatic heterocycles. The minimum absolute atomic E-state index is 0.0877. The molecule has 1 aromatic carbocycles. The lowest BCUT2D eigenvalue weighted by molar-refractivity contribution is -0.140. The molecule has 0 spiro atoms. The molecule has 33 heavy (non-hydrogen) atoms. The lowest BCUT2D eigenvalue weighted by atomic mass is 10.0. The van der Waals surface area contributed by atoms with Crippen LogP contribution in [0.4, 0.5) is 0 Å². The summed E-state index contributed by atoms with van der Waals surface area (Å²) in [6, 6.07) is 15.2. The van der Waals surface area contributed by atoms with Crippen LogP contribution in [0.1, 0.15) is 34.3 Å². The second kappa shape index (κ2) is 9.95. The van der Waals surface area contributed by atoms with Gasteiger partial charge in [0.15, 0.2) is 0 Å². The first-order chi connectivity index (χ1) is 15.9. The number of methoxy groups -OCH3 is 1. The van der Waals surface area contributed by atoms with Crippen LogP contribution in [0.3, 0.4) is 0 Å². The predicted octanol–water partition coefficient (Wildman–Crippen LogP) is 2.45. The summed E-state index contributed by atoms with van der Waals surface area (Å²) in [7, 11) is 1.66. The number of morpholine rings is 1. The van der Waals surface area contributed by atoms with E-state index in [1.807, 2.05) is 31.2 Å². The average molecular weight is 449 g/mol. The van der Waals surface area contributed by atoms with E-state index in [9.17, 15) is 9.59 Å². The number of hydrogen-bond donors (Lipinski definition) is 0. The molecule has 3 aromatic rings. The third-order valence-electron chi connectivity index (χ3n) is 5.61. The van der Waals surface area contributed by atoms with Gasteiger partial charge in [-0.25, -0.2) is 4.68 Å². The molecule has 0 unspecified atom stereocenters. The smallest absolute Gasteiger partial charge is 0.267 e. The molecule has 1 aliphatic heterocycles. The van der Waals surface area contributed by atoms with E-state index in [0.29, 0.717) is 25.4 Å². The SMILES string of the molecule is COc1cccc(Cc2cc(C)nc([C@@H]3CN(C(=O)Cn4nc(C)ccc4=O)CCO3)c2)c1. The molecule has 8 heteroatoms. The molecule has 0 N–H and O–H groups in total. The highest BCUT2D eigenvalue weighted by Gasteiger charge is 2.27. The van der Waals surface area contributed by atoms with Crippen molar-refractivity contribution in [1.82, 2.24) is 19.7 Å². The summed E-state index contributed by atoms with van der Waals surface area (Å²) in [5.74, 6) is 0.665. The number of rotatable bonds is 6. The molecule has 0 bridgehead atoms. The first-order valence-corrected chi connectivity index (χ1v) is 11.0. The number of carbonyl (C=O) groups excluding carboxylic acids is 1. The van der Waals surface area contributed by atoms with Crippen molar-refractivity contribution >= 4 is 5.91 Å². The minimum atomic E-state index is -0.325. The molecule has 3 heterocycles. The molecule has 1 amide bonds. The Morgan fingerprint density at radius 2 is 1.97 bits per heavy atom. The van der Waals surface area contributed by atoms with Gasteiger partial charge in [-0.3, -0.25) is 14.6 Å². The van der Waals surface area contributed by atoms with Gasteiger partial charge >= 0.3 is 0 Å². The lowest BCUT2D eigenvalue weighted by Gasteiger charge is -2.33. The van der Waals surface area contributed by atoms with Gasteiger partial charge in [0.1, 0.15) is 18.4 Å². The molecular formula is C25H28N4O4. The lowest BCUT2D eigenvalue weighted by Crippen LogP contribution is -2.45. The molecule has 1 saturated heterocycles. The first kappa shape index (κ1) is 22.7. The second-order valence-electron chi connectivity index (χ2n) is 8.24. The normalized spacial score (nSPS) is 16.0. The molecule has 0 saturated carbocycles. The van der Waals surface area contributed by atoms with Crippen LogP contribution in [0.2, 0.25) is 0 Å². The van der Waals surface area contributed by atoms with Gasteiger partial charge in [0.2, 0.25) is 5.91 Å². The summed E-state index contributed by atoms with van der Waals surface area (Å²) in [4.78, 5) is 31.3. The average Bonchev–Trinajstić information content (AvgIpc) is 2.81. The molecular weight excluding hydrogens is 420 g/mol. The van der Waals surface area contributed by atoms with Crippen molar-refractivity contribution in [2.45, 2.75) is 32.9 Å². The standard InChI is InChI=1S/C25H28N4O4/c1-17-7-8-24(30)29(27-17)16-25(31)28-9-10-33-23(15-28)22-14-20(11-18(2)26-22)12-19-5-4-6-21(13-19)32-3/h4-8,11,13-14,23H,9-10,12,15-16H2,1-3H3/t23-/m0/s1. The number of nitrogens with zero attached hydrogens (tertiary/aromatic N) is 4. The van der Waals surface area contributed by atoms with E-state index in [1.165, 1.54) is 10.7 Å². The Kier molecular flexibility index (Phi) is 6.84. The fraction of sp³-hybridized carbons (Fsp3) is 0.360. The van der Waals surface area contributed by atoms with Gasteiger partial charge in [0, 0.05) is 18.3 Å². The molecule has 172 valence electrons. The first-order valence-electron chi connectivity index (χ1n) is 11.0. The van der Waals surface area contributed by atoms with E-state index in [0.717, 1.165) is 34.7 Å². The van der Waals surface area contributed by atoms with E-state index < -0.39 is 0 Å². The minimum Gasteiger partial charge on any atom is -0.497 e. The van der Waals surface area contributed by atoms with E-state index in [-0.39, 0.29) is 24.1 Å². The van der Waals surface area contributed by atoms with Crippen molar-refractivity contribution in [3.8, 4) is 5.75 Å². The second-order valence-corrected chi connectivity index (χ2v) is 8.24. The summed E-state index contributed by atoms with van der Waals surface area (Å²) in [6.45, 7) is 4.92. The molecule has 0 aliphatic carbocycles. The Balaban J connectivity index is 1.48. The van der Waals surface area contributed by atoms with Crippen molar-refractivity contribution in [3.63, 3.8) is 0 Å². The van der Waals surface area contributed by atoms with Gasteiger partial charge in [-0.15, -0.1) is 0 Å². The van der Waals surface area contributed by atoms with E-state index in [1.54, 1.807) is 25.0 Å². The van der Waals surface area contributed by atoms with E-state index in [4.69, 9.17) is 9.47 Å². The molecule has 4 rings (SSSR count). The topological polar surface area (TPSA) is 86.5 Å². The number of pyridine rings is 1. The highest BCUT2D eigenvalue weighted by Crippen LogP contribution is 2.24. The predicted molar refractivity (Wildman–Crippen MR) is 123 cm³/mol. The van der Waals surface area contributed by atoms with Crippen LogP contribution in [-0.2, 0) is 22.5 Å². The maximum atomic E-state index is 12.9. The van der Waals surface area contributed by atoms with Crippen molar-refractivity contribution in [3.05, 3.63) is 87.1 Å². The van der Waals surface area contributed by atoms with Crippen LogP contribution in [0.25, 0.3) is 0 Å². The van der Waals surface area contributed by atoms with Gasteiger partial charge in [0.25, 0.3) is 5.56 Å². The number of carbonyl (C=O) groups is 1.